The van der Waals surface area contributed by atoms with E-state index in [-0.39, 0.29) is 5.56 Å². The van der Waals surface area contributed by atoms with Crippen LogP contribution in [0, 0.1) is 11.3 Å². The van der Waals surface area contributed by atoms with Crippen molar-refractivity contribution in [3.8, 4) is 6.07 Å². The molecule has 0 aliphatic heterocycles. The van der Waals surface area contributed by atoms with Gasteiger partial charge in [0, 0.05) is 5.69 Å². The number of aromatic nitrogens is 2. The van der Waals surface area contributed by atoms with Gasteiger partial charge in [-0.1, -0.05) is 18.2 Å². The number of nitrogens with one attached hydrogen (secondary N) is 2. The molecule has 1 aromatic carbocycles. The van der Waals surface area contributed by atoms with Crippen molar-refractivity contribution in [1.29, 1.82) is 5.26 Å². The summed E-state index contributed by atoms with van der Waals surface area (Å²) in [5.74, 6) is 0.315. The van der Waals surface area contributed by atoms with Crippen LogP contribution in [0.3, 0.4) is 0 Å². The summed E-state index contributed by atoms with van der Waals surface area (Å²) in [6.07, 6.45) is 1.24. The zero-order valence-corrected chi connectivity index (χ0v) is 8.27. The van der Waals surface area contributed by atoms with Gasteiger partial charge < -0.3 is 5.32 Å². The van der Waals surface area contributed by atoms with Crippen LogP contribution < -0.4 is 10.9 Å². The van der Waals surface area contributed by atoms with Gasteiger partial charge in [-0.2, -0.15) is 5.26 Å². The van der Waals surface area contributed by atoms with Crippen molar-refractivity contribution in [2.45, 2.75) is 0 Å². The summed E-state index contributed by atoms with van der Waals surface area (Å²) in [4.78, 5) is 17.7. The molecule has 1 heterocycles. The molecule has 0 amide bonds. The Kier molecular flexibility index (Phi) is 2.65. The molecule has 0 unspecified atom stereocenters. The number of hydrogen-bond acceptors (Lipinski definition) is 4. The van der Waals surface area contributed by atoms with Gasteiger partial charge in [-0.3, -0.25) is 9.78 Å². The van der Waals surface area contributed by atoms with Gasteiger partial charge in [0.2, 0.25) is 5.95 Å². The first-order chi connectivity index (χ1) is 7.79. The molecule has 0 fully saturated rings. The number of nitrogens with zero attached hydrogens (tertiary/aromatic N) is 2. The number of benzene rings is 1. The van der Waals surface area contributed by atoms with Crippen molar-refractivity contribution in [2.75, 3.05) is 5.32 Å². The number of nitriles is 1. The first kappa shape index (κ1) is 9.93. The van der Waals surface area contributed by atoms with Gasteiger partial charge in [-0.25, -0.2) is 4.98 Å². The van der Waals surface area contributed by atoms with E-state index in [0.29, 0.717) is 5.95 Å². The van der Waals surface area contributed by atoms with Crippen LogP contribution in [0.5, 0.6) is 0 Å². The predicted octanol–water partition coefficient (Wildman–Crippen LogP) is 1.39. The highest BCUT2D eigenvalue weighted by Gasteiger charge is 2.00. The van der Waals surface area contributed by atoms with Crippen LogP contribution in [0.4, 0.5) is 11.6 Å². The van der Waals surface area contributed by atoms with Gasteiger partial charge in [0.1, 0.15) is 11.6 Å². The van der Waals surface area contributed by atoms with E-state index >= 15 is 0 Å². The quantitative estimate of drug-likeness (QED) is 0.788. The second-order valence-electron chi connectivity index (χ2n) is 3.08. The van der Waals surface area contributed by atoms with Crippen LogP contribution in [0.25, 0.3) is 0 Å². The van der Waals surface area contributed by atoms with Crippen LogP contribution in [-0.2, 0) is 0 Å². The molecule has 78 valence electrons. The number of para-hydroxylation sites is 1. The minimum Gasteiger partial charge on any atom is -0.326 e. The number of hydrogen-bond donors (Lipinski definition) is 2. The minimum absolute atomic E-state index is 0.00129. The molecule has 0 saturated heterocycles. The summed E-state index contributed by atoms with van der Waals surface area (Å²) in [7, 11) is 0. The minimum atomic E-state index is -0.448. The van der Waals surface area contributed by atoms with Crippen molar-refractivity contribution in [2.24, 2.45) is 0 Å². The van der Waals surface area contributed by atoms with Gasteiger partial charge in [0.05, 0.1) is 6.20 Å². The third-order valence-electron chi connectivity index (χ3n) is 1.96. The summed E-state index contributed by atoms with van der Waals surface area (Å²) >= 11 is 0. The van der Waals surface area contributed by atoms with Crippen molar-refractivity contribution in [3.05, 3.63) is 52.4 Å². The number of H-pyrrole nitrogens is 1. The van der Waals surface area contributed by atoms with E-state index in [9.17, 15) is 4.79 Å². The average Bonchev–Trinajstić information content (AvgIpc) is 2.31. The Hall–Kier alpha value is -2.61. The number of anilines is 2. The third-order valence-corrected chi connectivity index (χ3v) is 1.96. The highest BCUT2D eigenvalue weighted by Crippen LogP contribution is 2.09. The zero-order valence-electron chi connectivity index (χ0n) is 8.27. The fourth-order valence-corrected chi connectivity index (χ4v) is 1.20. The molecule has 0 spiro atoms. The van der Waals surface area contributed by atoms with E-state index in [1.54, 1.807) is 6.07 Å². The van der Waals surface area contributed by atoms with Crippen molar-refractivity contribution < 1.29 is 0 Å². The molecule has 16 heavy (non-hydrogen) atoms. The fourth-order valence-electron chi connectivity index (χ4n) is 1.20. The predicted molar refractivity (Wildman–Crippen MR) is 59.3 cm³/mol. The van der Waals surface area contributed by atoms with Gasteiger partial charge in [-0.05, 0) is 12.1 Å². The lowest BCUT2D eigenvalue weighted by atomic mass is 10.3. The van der Waals surface area contributed by atoms with Gasteiger partial charge >= 0.3 is 0 Å². The first-order valence-electron chi connectivity index (χ1n) is 4.61. The standard InChI is InChI=1S/C11H8N4O/c12-6-8-7-13-11(15-10(8)16)14-9-4-2-1-3-5-9/h1-5,7H,(H2,13,14,15,16). The maximum atomic E-state index is 11.3. The van der Waals surface area contributed by atoms with E-state index in [2.05, 4.69) is 15.3 Å². The van der Waals surface area contributed by atoms with Crippen LogP contribution in [0.1, 0.15) is 5.56 Å². The highest BCUT2D eigenvalue weighted by atomic mass is 16.1. The Morgan fingerprint density at radius 2 is 2.06 bits per heavy atom. The molecule has 2 rings (SSSR count). The highest BCUT2D eigenvalue weighted by molar-refractivity contribution is 5.52. The molecule has 1 aromatic heterocycles. The third kappa shape index (κ3) is 2.07. The van der Waals surface area contributed by atoms with E-state index < -0.39 is 5.56 Å². The van der Waals surface area contributed by atoms with Crippen LogP contribution in [0.15, 0.2) is 41.3 Å². The summed E-state index contributed by atoms with van der Waals surface area (Å²) < 4.78 is 0. The molecule has 0 aliphatic carbocycles. The Balaban J connectivity index is 2.28. The molecule has 5 heteroatoms. The molecule has 5 nitrogen and oxygen atoms in total. The summed E-state index contributed by atoms with van der Waals surface area (Å²) in [6, 6.07) is 11.1. The first-order valence-corrected chi connectivity index (χ1v) is 4.61. The zero-order chi connectivity index (χ0) is 11.4. The fraction of sp³-hybridized carbons (Fsp3) is 0. The normalized spacial score (nSPS) is 9.44. The summed E-state index contributed by atoms with van der Waals surface area (Å²) in [6.45, 7) is 0. The van der Waals surface area contributed by atoms with Crippen LogP contribution in [-0.4, -0.2) is 9.97 Å². The monoisotopic (exact) mass is 212 g/mol. The molecule has 0 saturated carbocycles. The molecule has 2 N–H and O–H groups in total. The van der Waals surface area contributed by atoms with Crippen molar-refractivity contribution in [1.82, 2.24) is 9.97 Å². The van der Waals surface area contributed by atoms with Crippen LogP contribution >= 0.6 is 0 Å². The average molecular weight is 212 g/mol. The Morgan fingerprint density at radius 3 is 2.69 bits per heavy atom. The molecule has 0 aliphatic rings. The largest absolute Gasteiger partial charge is 0.326 e. The van der Waals surface area contributed by atoms with E-state index in [0.717, 1.165) is 5.69 Å². The van der Waals surface area contributed by atoms with E-state index in [4.69, 9.17) is 5.26 Å². The van der Waals surface area contributed by atoms with Crippen molar-refractivity contribution in [3.63, 3.8) is 0 Å². The number of aromatic amines is 1. The molecule has 0 atom stereocenters. The van der Waals surface area contributed by atoms with Gasteiger partial charge in [-0.15, -0.1) is 0 Å². The second kappa shape index (κ2) is 4.28. The maximum absolute atomic E-state index is 11.3. The molecule has 0 bridgehead atoms. The molecule has 2 aromatic rings. The topological polar surface area (TPSA) is 81.6 Å². The van der Waals surface area contributed by atoms with E-state index in [1.807, 2.05) is 30.3 Å². The Labute approximate surface area is 91.4 Å². The molecule has 0 radical (unpaired) electrons. The van der Waals surface area contributed by atoms with E-state index in [1.165, 1.54) is 6.20 Å². The summed E-state index contributed by atoms with van der Waals surface area (Å²) in [5.41, 5.74) is 0.366. The lowest BCUT2D eigenvalue weighted by Gasteiger charge is -2.03. The Bertz CT molecular complexity index is 583. The smallest absolute Gasteiger partial charge is 0.270 e. The maximum Gasteiger partial charge on any atom is 0.270 e. The molecular weight excluding hydrogens is 204 g/mol. The molecular formula is C11H8N4O. The number of rotatable bonds is 2. The van der Waals surface area contributed by atoms with Gasteiger partial charge in [0.25, 0.3) is 5.56 Å². The van der Waals surface area contributed by atoms with Crippen molar-refractivity contribution >= 4 is 11.6 Å². The van der Waals surface area contributed by atoms with Crippen LogP contribution in [0.2, 0.25) is 0 Å². The lowest BCUT2D eigenvalue weighted by molar-refractivity contribution is 1.10. The SMILES string of the molecule is N#Cc1cnc(Nc2ccccc2)[nH]c1=O. The van der Waals surface area contributed by atoms with Gasteiger partial charge in [0.15, 0.2) is 0 Å². The summed E-state index contributed by atoms with van der Waals surface area (Å²) in [5, 5.41) is 11.5. The Morgan fingerprint density at radius 1 is 1.31 bits per heavy atom. The lowest BCUT2D eigenvalue weighted by Crippen LogP contribution is -2.13. The second-order valence-corrected chi connectivity index (χ2v) is 3.08.